The Hall–Kier alpha value is -0.570. The van der Waals surface area contributed by atoms with Crippen LogP contribution < -0.4 is 0 Å². The van der Waals surface area contributed by atoms with Gasteiger partial charge < -0.3 is 10.0 Å². The number of rotatable bonds is 3. The van der Waals surface area contributed by atoms with Gasteiger partial charge >= 0.3 is 0 Å². The van der Waals surface area contributed by atoms with E-state index in [2.05, 4.69) is 0 Å². The van der Waals surface area contributed by atoms with Crippen molar-refractivity contribution in [1.82, 2.24) is 4.90 Å². The lowest BCUT2D eigenvalue weighted by Crippen LogP contribution is -2.27. The molecule has 0 aliphatic rings. The van der Waals surface area contributed by atoms with Crippen molar-refractivity contribution >= 4 is 5.84 Å². The average Bonchev–Trinajstić information content (AvgIpc) is 1.87. The molecule has 0 unspecified atom stereocenters. The number of likely N-dealkylation sites (N-methyl/N-ethyl adjacent to an activating group) is 1. The van der Waals surface area contributed by atoms with E-state index in [-0.39, 0.29) is 6.61 Å². The van der Waals surface area contributed by atoms with Crippen molar-refractivity contribution in [3.8, 4) is 0 Å². The molecule has 0 saturated carbocycles. The van der Waals surface area contributed by atoms with E-state index in [4.69, 9.17) is 10.5 Å². The summed E-state index contributed by atoms with van der Waals surface area (Å²) in [5.74, 6) is 0.573. The second-order valence-electron chi connectivity index (χ2n) is 1.95. The fourth-order valence-corrected chi connectivity index (χ4v) is 0.555. The number of amidine groups is 1. The topological polar surface area (TPSA) is 47.3 Å². The van der Waals surface area contributed by atoms with Crippen molar-refractivity contribution in [2.45, 2.75) is 13.3 Å². The van der Waals surface area contributed by atoms with E-state index < -0.39 is 0 Å². The van der Waals surface area contributed by atoms with E-state index in [0.717, 1.165) is 6.42 Å². The fourth-order valence-electron chi connectivity index (χ4n) is 0.555. The van der Waals surface area contributed by atoms with E-state index in [9.17, 15) is 0 Å². The average molecular weight is 130 g/mol. The highest BCUT2D eigenvalue weighted by Crippen LogP contribution is 1.87. The monoisotopic (exact) mass is 130 g/mol. The Balaban J connectivity index is 3.45. The Morgan fingerprint density at radius 2 is 2.22 bits per heavy atom. The zero-order valence-electron chi connectivity index (χ0n) is 6.02. The van der Waals surface area contributed by atoms with Gasteiger partial charge in [0.15, 0.2) is 0 Å². The van der Waals surface area contributed by atoms with Crippen LogP contribution in [0.25, 0.3) is 0 Å². The number of hydrogen-bond acceptors (Lipinski definition) is 2. The summed E-state index contributed by atoms with van der Waals surface area (Å²) in [6.07, 6.45) is 0.733. The molecule has 0 bridgehead atoms. The van der Waals surface area contributed by atoms with Crippen molar-refractivity contribution in [3.05, 3.63) is 0 Å². The first kappa shape index (κ1) is 8.43. The Bertz CT molecular complexity index is 93.1. The molecule has 0 fully saturated rings. The zero-order chi connectivity index (χ0) is 7.28. The molecular weight excluding hydrogens is 116 g/mol. The third-order valence-corrected chi connectivity index (χ3v) is 1.23. The van der Waals surface area contributed by atoms with Crippen molar-refractivity contribution in [2.75, 3.05) is 20.2 Å². The lowest BCUT2D eigenvalue weighted by molar-refractivity contribution is 0.262. The van der Waals surface area contributed by atoms with Gasteiger partial charge in [0.2, 0.25) is 0 Å². The van der Waals surface area contributed by atoms with E-state index >= 15 is 0 Å². The number of aliphatic hydroxyl groups is 1. The van der Waals surface area contributed by atoms with Crippen LogP contribution in [-0.2, 0) is 0 Å². The molecule has 0 radical (unpaired) electrons. The predicted molar refractivity (Wildman–Crippen MR) is 37.7 cm³/mol. The van der Waals surface area contributed by atoms with E-state index in [0.29, 0.717) is 12.4 Å². The van der Waals surface area contributed by atoms with E-state index in [1.165, 1.54) is 0 Å². The molecule has 0 aromatic heterocycles. The summed E-state index contributed by atoms with van der Waals surface area (Å²) in [5.41, 5.74) is 0. The highest BCUT2D eigenvalue weighted by Gasteiger charge is 1.97. The summed E-state index contributed by atoms with van der Waals surface area (Å²) in [7, 11) is 1.81. The van der Waals surface area contributed by atoms with Gasteiger partial charge in [0.25, 0.3) is 0 Å². The highest BCUT2D eigenvalue weighted by molar-refractivity contribution is 5.78. The van der Waals surface area contributed by atoms with Crippen molar-refractivity contribution in [2.24, 2.45) is 0 Å². The van der Waals surface area contributed by atoms with Gasteiger partial charge in [0.1, 0.15) is 0 Å². The second-order valence-corrected chi connectivity index (χ2v) is 1.95. The number of hydrogen-bond donors (Lipinski definition) is 2. The highest BCUT2D eigenvalue weighted by atomic mass is 16.3. The standard InChI is InChI=1S/C6H14N2O/c1-3-6(7)8(2)4-5-9/h7,9H,3-5H2,1-2H3. The van der Waals surface area contributed by atoms with E-state index in [1.807, 2.05) is 14.0 Å². The molecule has 0 aliphatic heterocycles. The van der Waals surface area contributed by atoms with Gasteiger partial charge in [0, 0.05) is 20.0 Å². The van der Waals surface area contributed by atoms with Gasteiger partial charge in [-0.1, -0.05) is 6.92 Å². The van der Waals surface area contributed by atoms with Crippen LogP contribution >= 0.6 is 0 Å². The lowest BCUT2D eigenvalue weighted by atomic mass is 10.4. The van der Waals surface area contributed by atoms with Crippen LogP contribution in [0.4, 0.5) is 0 Å². The smallest absolute Gasteiger partial charge is 0.0953 e. The molecule has 2 N–H and O–H groups in total. The third-order valence-electron chi connectivity index (χ3n) is 1.23. The number of aliphatic hydroxyl groups excluding tert-OH is 1. The molecule has 3 heteroatoms. The van der Waals surface area contributed by atoms with Crippen LogP contribution in [0.3, 0.4) is 0 Å². The maximum atomic E-state index is 8.44. The second kappa shape index (κ2) is 4.32. The number of nitrogens with zero attached hydrogens (tertiary/aromatic N) is 1. The molecule has 0 rings (SSSR count). The fraction of sp³-hybridized carbons (Fsp3) is 0.833. The molecular formula is C6H14N2O. The summed E-state index contributed by atoms with van der Waals surface area (Å²) < 4.78 is 0. The predicted octanol–water partition coefficient (Wildman–Crippen LogP) is 0.298. The summed E-state index contributed by atoms with van der Waals surface area (Å²) in [6.45, 7) is 2.61. The molecule has 0 atom stereocenters. The van der Waals surface area contributed by atoms with Crippen LogP contribution in [-0.4, -0.2) is 36.0 Å². The van der Waals surface area contributed by atoms with Gasteiger partial charge in [-0.2, -0.15) is 0 Å². The van der Waals surface area contributed by atoms with Gasteiger partial charge in [-0.3, -0.25) is 5.41 Å². The van der Waals surface area contributed by atoms with Crippen LogP contribution in [0.2, 0.25) is 0 Å². The van der Waals surface area contributed by atoms with Crippen LogP contribution in [0.15, 0.2) is 0 Å². The van der Waals surface area contributed by atoms with Gasteiger partial charge in [-0.25, -0.2) is 0 Å². The number of nitrogens with one attached hydrogen (secondary N) is 1. The molecule has 0 heterocycles. The van der Waals surface area contributed by atoms with E-state index in [1.54, 1.807) is 4.90 Å². The minimum atomic E-state index is 0.124. The molecule has 0 aromatic rings. The van der Waals surface area contributed by atoms with Crippen molar-refractivity contribution < 1.29 is 5.11 Å². The molecule has 0 spiro atoms. The summed E-state index contributed by atoms with van der Waals surface area (Å²) in [6, 6.07) is 0. The molecule has 0 aromatic carbocycles. The maximum Gasteiger partial charge on any atom is 0.0953 e. The van der Waals surface area contributed by atoms with Crippen molar-refractivity contribution in [1.29, 1.82) is 5.41 Å². The quantitative estimate of drug-likeness (QED) is 0.426. The third kappa shape index (κ3) is 3.08. The summed E-state index contributed by atoms with van der Waals surface area (Å²) in [4.78, 5) is 1.74. The molecule has 9 heavy (non-hydrogen) atoms. The molecule has 0 aliphatic carbocycles. The van der Waals surface area contributed by atoms with Crippen LogP contribution in [0.5, 0.6) is 0 Å². The Labute approximate surface area is 55.8 Å². The lowest BCUT2D eigenvalue weighted by Gasteiger charge is -2.16. The minimum absolute atomic E-state index is 0.124. The first-order valence-electron chi connectivity index (χ1n) is 3.11. The normalized spacial score (nSPS) is 9.22. The molecule has 0 amide bonds. The SMILES string of the molecule is CCC(=N)N(C)CCO. The summed E-state index contributed by atoms with van der Waals surface area (Å²) >= 11 is 0. The van der Waals surface area contributed by atoms with Crippen LogP contribution in [0, 0.1) is 5.41 Å². The van der Waals surface area contributed by atoms with Crippen LogP contribution in [0.1, 0.15) is 13.3 Å². The Morgan fingerprint density at radius 3 is 2.56 bits per heavy atom. The first-order valence-corrected chi connectivity index (χ1v) is 3.11. The van der Waals surface area contributed by atoms with Gasteiger partial charge in [-0.15, -0.1) is 0 Å². The van der Waals surface area contributed by atoms with Gasteiger partial charge in [0.05, 0.1) is 12.4 Å². The van der Waals surface area contributed by atoms with Gasteiger partial charge in [-0.05, 0) is 0 Å². The molecule has 54 valence electrons. The van der Waals surface area contributed by atoms with Crippen molar-refractivity contribution in [3.63, 3.8) is 0 Å². The molecule has 3 nitrogen and oxygen atoms in total. The minimum Gasteiger partial charge on any atom is -0.395 e. The maximum absolute atomic E-state index is 8.44. The summed E-state index contributed by atoms with van der Waals surface area (Å²) in [5, 5.41) is 15.7. The Morgan fingerprint density at radius 1 is 1.67 bits per heavy atom. The largest absolute Gasteiger partial charge is 0.395 e. The first-order chi connectivity index (χ1) is 4.22. The molecule has 0 saturated heterocycles. The zero-order valence-corrected chi connectivity index (χ0v) is 6.02. The Kier molecular flexibility index (Phi) is 4.05.